The normalized spacial score (nSPS) is 12.7. The minimum atomic E-state index is -0.703. The minimum Gasteiger partial charge on any atom is -0.386 e. The highest BCUT2D eigenvalue weighted by atomic mass is 16.6. The molecule has 5 nitrogen and oxygen atoms in total. The number of esters is 2. The Kier molecular flexibility index (Phi) is 4.31. The van der Waals surface area contributed by atoms with Crippen LogP contribution in [0.25, 0.3) is 11.1 Å². The van der Waals surface area contributed by atoms with Crippen molar-refractivity contribution >= 4 is 23.5 Å². The van der Waals surface area contributed by atoms with Gasteiger partial charge in [-0.05, 0) is 36.6 Å². The zero-order valence-electron chi connectivity index (χ0n) is 13.9. The number of ketones is 2. The third-order valence-electron chi connectivity index (χ3n) is 4.16. The second-order valence-corrected chi connectivity index (χ2v) is 5.89. The third-order valence-corrected chi connectivity index (χ3v) is 4.16. The highest BCUT2D eigenvalue weighted by Gasteiger charge is 2.30. The number of ether oxygens (including phenoxy) is 1. The van der Waals surface area contributed by atoms with Crippen LogP contribution in [-0.2, 0) is 4.74 Å². The number of Topliss-reactive ketones (excluding diaryl/α,β-unsaturated/α-hetero) is 2. The fourth-order valence-electron chi connectivity index (χ4n) is 2.99. The molecule has 0 aliphatic carbocycles. The number of hydrogen-bond donors (Lipinski definition) is 0. The Morgan fingerprint density at radius 1 is 0.960 bits per heavy atom. The van der Waals surface area contributed by atoms with Gasteiger partial charge in [-0.3, -0.25) is 9.59 Å². The van der Waals surface area contributed by atoms with Crippen LogP contribution < -0.4 is 0 Å². The third kappa shape index (κ3) is 2.89. The number of rotatable bonds is 5. The minimum absolute atomic E-state index is 0.123. The number of cyclic esters (lactones) is 2. The Hall–Kier alpha value is -3.08. The molecule has 0 aromatic heterocycles. The fourth-order valence-corrected chi connectivity index (χ4v) is 2.99. The second-order valence-electron chi connectivity index (χ2n) is 5.89. The molecule has 5 heteroatoms. The van der Waals surface area contributed by atoms with Crippen molar-refractivity contribution in [2.24, 2.45) is 0 Å². The van der Waals surface area contributed by atoms with Gasteiger partial charge in [0, 0.05) is 17.5 Å². The Balaban J connectivity index is 2.21. The van der Waals surface area contributed by atoms with Crippen molar-refractivity contribution in [3.8, 4) is 11.1 Å². The van der Waals surface area contributed by atoms with Crippen LogP contribution in [0.1, 0.15) is 68.1 Å². The first-order chi connectivity index (χ1) is 11.9. The molecule has 0 saturated carbocycles. The van der Waals surface area contributed by atoms with Gasteiger partial charge in [-0.1, -0.05) is 31.2 Å². The van der Waals surface area contributed by atoms with Crippen molar-refractivity contribution in [2.75, 3.05) is 0 Å². The van der Waals surface area contributed by atoms with E-state index in [1.165, 1.54) is 19.1 Å². The molecule has 1 aliphatic rings. The summed E-state index contributed by atoms with van der Waals surface area (Å²) in [6.45, 7) is 3.31. The topological polar surface area (TPSA) is 77.5 Å². The van der Waals surface area contributed by atoms with Crippen LogP contribution in [0.2, 0.25) is 0 Å². The molecule has 126 valence electrons. The van der Waals surface area contributed by atoms with E-state index in [-0.39, 0.29) is 22.7 Å². The summed E-state index contributed by atoms with van der Waals surface area (Å²) < 4.78 is 4.60. The van der Waals surface area contributed by atoms with Crippen molar-refractivity contribution in [2.45, 2.75) is 26.7 Å². The SMILES string of the molecule is CCCC(=O)c1c(C(C)=O)cccc1-c1ccc2c(c1)C(=O)OC2=O. The summed E-state index contributed by atoms with van der Waals surface area (Å²) in [7, 11) is 0. The van der Waals surface area contributed by atoms with Gasteiger partial charge in [-0.2, -0.15) is 0 Å². The van der Waals surface area contributed by atoms with Gasteiger partial charge < -0.3 is 4.74 Å². The number of benzene rings is 2. The Morgan fingerprint density at radius 3 is 2.36 bits per heavy atom. The van der Waals surface area contributed by atoms with Gasteiger partial charge >= 0.3 is 11.9 Å². The molecule has 0 N–H and O–H groups in total. The van der Waals surface area contributed by atoms with E-state index < -0.39 is 11.9 Å². The first kappa shape index (κ1) is 16.8. The van der Waals surface area contributed by atoms with E-state index in [9.17, 15) is 19.2 Å². The van der Waals surface area contributed by atoms with Crippen molar-refractivity contribution in [1.82, 2.24) is 0 Å². The largest absolute Gasteiger partial charge is 0.386 e. The van der Waals surface area contributed by atoms with Gasteiger partial charge in [0.2, 0.25) is 0 Å². The average Bonchev–Trinajstić information content (AvgIpc) is 2.88. The maximum Gasteiger partial charge on any atom is 0.346 e. The maximum absolute atomic E-state index is 12.6. The monoisotopic (exact) mass is 336 g/mol. The van der Waals surface area contributed by atoms with Gasteiger partial charge in [-0.15, -0.1) is 0 Å². The Labute approximate surface area is 144 Å². The van der Waals surface area contributed by atoms with Gasteiger partial charge in [0.25, 0.3) is 0 Å². The predicted octanol–water partition coefficient (Wildman–Crippen LogP) is 3.85. The van der Waals surface area contributed by atoms with E-state index in [0.717, 1.165) is 0 Å². The molecule has 0 bridgehead atoms. The highest BCUT2D eigenvalue weighted by molar-refractivity contribution is 6.16. The standard InChI is InChI=1S/C20H16O5/c1-3-5-17(22)18-13(11(2)21)6-4-7-14(18)12-8-9-15-16(10-12)20(24)25-19(15)23/h4,6-10H,3,5H2,1-2H3. The molecule has 2 aromatic carbocycles. The van der Waals surface area contributed by atoms with Gasteiger partial charge in [0.05, 0.1) is 11.1 Å². The Morgan fingerprint density at radius 2 is 1.68 bits per heavy atom. The van der Waals surface area contributed by atoms with Gasteiger partial charge in [0.1, 0.15) is 0 Å². The molecule has 1 heterocycles. The van der Waals surface area contributed by atoms with Crippen LogP contribution >= 0.6 is 0 Å². The summed E-state index contributed by atoms with van der Waals surface area (Å²) in [6.07, 6.45) is 0.984. The molecule has 0 fully saturated rings. The molecular formula is C20H16O5. The zero-order valence-corrected chi connectivity index (χ0v) is 13.9. The van der Waals surface area contributed by atoms with Crippen molar-refractivity contribution in [3.63, 3.8) is 0 Å². The number of hydrogen-bond acceptors (Lipinski definition) is 5. The highest BCUT2D eigenvalue weighted by Crippen LogP contribution is 2.31. The number of carbonyl (C=O) groups excluding carboxylic acids is 4. The van der Waals surface area contributed by atoms with Gasteiger partial charge in [-0.25, -0.2) is 9.59 Å². The van der Waals surface area contributed by atoms with E-state index in [2.05, 4.69) is 4.74 Å². The van der Waals surface area contributed by atoms with E-state index in [4.69, 9.17) is 0 Å². The summed E-state index contributed by atoms with van der Waals surface area (Å²) in [6, 6.07) is 9.75. The lowest BCUT2D eigenvalue weighted by atomic mass is 9.89. The molecule has 0 amide bonds. The smallest absolute Gasteiger partial charge is 0.346 e. The summed E-state index contributed by atoms with van der Waals surface area (Å²) in [5, 5.41) is 0. The fraction of sp³-hybridized carbons (Fsp3) is 0.200. The summed E-state index contributed by atoms with van der Waals surface area (Å²) >= 11 is 0. The van der Waals surface area contributed by atoms with Gasteiger partial charge in [0.15, 0.2) is 11.6 Å². The van der Waals surface area contributed by atoms with E-state index in [1.807, 2.05) is 6.92 Å². The lowest BCUT2D eigenvalue weighted by molar-refractivity contribution is 0.0443. The van der Waals surface area contributed by atoms with Crippen molar-refractivity contribution in [3.05, 3.63) is 58.7 Å². The van der Waals surface area contributed by atoms with E-state index in [0.29, 0.717) is 35.1 Å². The second kappa shape index (κ2) is 6.43. The molecule has 2 aromatic rings. The molecular weight excluding hydrogens is 320 g/mol. The maximum atomic E-state index is 12.6. The first-order valence-electron chi connectivity index (χ1n) is 8.02. The number of carbonyl (C=O) groups is 4. The molecule has 0 saturated heterocycles. The van der Waals surface area contributed by atoms with E-state index >= 15 is 0 Å². The Bertz CT molecular complexity index is 924. The molecule has 25 heavy (non-hydrogen) atoms. The number of fused-ring (bicyclic) bond motifs is 1. The van der Waals surface area contributed by atoms with Crippen LogP contribution in [0.3, 0.4) is 0 Å². The summed E-state index contributed by atoms with van der Waals surface area (Å²) in [5.41, 5.74) is 2.25. The molecule has 0 radical (unpaired) electrons. The average molecular weight is 336 g/mol. The lowest BCUT2D eigenvalue weighted by Gasteiger charge is -2.13. The zero-order chi connectivity index (χ0) is 18.1. The predicted molar refractivity (Wildman–Crippen MR) is 90.9 cm³/mol. The summed E-state index contributed by atoms with van der Waals surface area (Å²) in [5.74, 6) is -1.70. The molecule has 1 aliphatic heterocycles. The molecule has 0 spiro atoms. The van der Waals surface area contributed by atoms with Crippen LogP contribution in [0.15, 0.2) is 36.4 Å². The van der Waals surface area contributed by atoms with Crippen molar-refractivity contribution < 1.29 is 23.9 Å². The van der Waals surface area contributed by atoms with E-state index in [1.54, 1.807) is 24.3 Å². The van der Waals surface area contributed by atoms with Crippen LogP contribution in [0.5, 0.6) is 0 Å². The van der Waals surface area contributed by atoms with Crippen LogP contribution in [0, 0.1) is 0 Å². The van der Waals surface area contributed by atoms with Crippen LogP contribution in [0.4, 0.5) is 0 Å². The summed E-state index contributed by atoms with van der Waals surface area (Å²) in [4.78, 5) is 48.0. The van der Waals surface area contributed by atoms with Crippen molar-refractivity contribution in [1.29, 1.82) is 0 Å². The quantitative estimate of drug-likeness (QED) is 0.471. The molecule has 0 atom stereocenters. The first-order valence-corrected chi connectivity index (χ1v) is 8.02. The van der Waals surface area contributed by atoms with Crippen LogP contribution in [-0.4, -0.2) is 23.5 Å². The molecule has 3 rings (SSSR count). The lowest BCUT2D eigenvalue weighted by Crippen LogP contribution is -2.09. The molecule has 0 unspecified atom stereocenters.